The quantitative estimate of drug-likeness (QED) is 0.772. The second-order valence-corrected chi connectivity index (χ2v) is 6.95. The topological polar surface area (TPSA) is 66.3 Å². The van der Waals surface area contributed by atoms with Crippen molar-refractivity contribution in [3.05, 3.63) is 88.7 Å². The molecule has 2 unspecified atom stereocenters. The molecule has 1 aliphatic heterocycles. The molecule has 0 fully saturated rings. The predicted molar refractivity (Wildman–Crippen MR) is 104 cm³/mol. The number of hydrogen-bond donors (Lipinski definition) is 1. The smallest absolute Gasteiger partial charge is 0.327 e. The Morgan fingerprint density at radius 2 is 1.63 bits per heavy atom. The number of aryl methyl sites for hydroxylation is 2. The summed E-state index contributed by atoms with van der Waals surface area (Å²) >= 11 is 0. The molecule has 0 radical (unpaired) electrons. The van der Waals surface area contributed by atoms with E-state index in [-0.39, 0.29) is 5.92 Å². The summed E-state index contributed by atoms with van der Waals surface area (Å²) in [4.78, 5) is 23.3. The molecule has 136 valence electrons. The molecule has 0 saturated heterocycles. The first-order valence-corrected chi connectivity index (χ1v) is 8.99. The maximum Gasteiger partial charge on any atom is 0.327 e. The molecule has 2 heterocycles. The fourth-order valence-electron chi connectivity index (χ4n) is 3.94. The molecule has 2 atom stereocenters. The molecule has 1 aliphatic rings. The molecule has 0 aliphatic carbocycles. The van der Waals surface area contributed by atoms with Crippen molar-refractivity contribution in [3.8, 4) is 0 Å². The SMILES string of the molecule is Cc1cc(C)nc(N2Cc3ccccc3C(c3ccccc3)C2C(=O)O)n1. The number of carbonyl (C=O) groups is 1. The van der Waals surface area contributed by atoms with Crippen molar-refractivity contribution in [2.45, 2.75) is 32.4 Å². The molecule has 0 saturated carbocycles. The highest BCUT2D eigenvalue weighted by Gasteiger charge is 2.41. The van der Waals surface area contributed by atoms with Crippen molar-refractivity contribution in [1.82, 2.24) is 9.97 Å². The lowest BCUT2D eigenvalue weighted by Crippen LogP contribution is -2.49. The molecule has 2 aromatic carbocycles. The summed E-state index contributed by atoms with van der Waals surface area (Å²) in [6.45, 7) is 4.28. The van der Waals surface area contributed by atoms with Gasteiger partial charge in [-0.3, -0.25) is 0 Å². The number of nitrogens with zero attached hydrogens (tertiary/aromatic N) is 3. The first-order valence-electron chi connectivity index (χ1n) is 8.99. The summed E-state index contributed by atoms with van der Waals surface area (Å²) < 4.78 is 0. The van der Waals surface area contributed by atoms with Crippen LogP contribution >= 0.6 is 0 Å². The van der Waals surface area contributed by atoms with E-state index in [2.05, 4.69) is 16.0 Å². The van der Waals surface area contributed by atoms with Gasteiger partial charge in [0.1, 0.15) is 6.04 Å². The summed E-state index contributed by atoms with van der Waals surface area (Å²) in [6, 6.07) is 19.0. The van der Waals surface area contributed by atoms with Crippen LogP contribution in [-0.4, -0.2) is 27.1 Å². The van der Waals surface area contributed by atoms with Gasteiger partial charge in [-0.2, -0.15) is 0 Å². The van der Waals surface area contributed by atoms with Gasteiger partial charge in [0.15, 0.2) is 0 Å². The first-order chi connectivity index (χ1) is 13.0. The van der Waals surface area contributed by atoms with Crippen LogP contribution in [0.4, 0.5) is 5.95 Å². The molecule has 1 aromatic heterocycles. The summed E-state index contributed by atoms with van der Waals surface area (Å²) in [5, 5.41) is 10.2. The van der Waals surface area contributed by atoms with Crippen molar-refractivity contribution in [3.63, 3.8) is 0 Å². The zero-order chi connectivity index (χ0) is 19.0. The van der Waals surface area contributed by atoms with Crippen LogP contribution in [0.1, 0.15) is 34.0 Å². The molecular formula is C22H21N3O2. The number of hydrogen-bond acceptors (Lipinski definition) is 4. The lowest BCUT2D eigenvalue weighted by atomic mass is 9.79. The van der Waals surface area contributed by atoms with Gasteiger partial charge in [-0.1, -0.05) is 54.6 Å². The molecule has 5 nitrogen and oxygen atoms in total. The van der Waals surface area contributed by atoms with Crippen molar-refractivity contribution < 1.29 is 9.90 Å². The van der Waals surface area contributed by atoms with Crippen molar-refractivity contribution in [1.29, 1.82) is 0 Å². The summed E-state index contributed by atoms with van der Waals surface area (Å²) in [7, 11) is 0. The van der Waals surface area contributed by atoms with Crippen LogP contribution < -0.4 is 4.90 Å². The minimum absolute atomic E-state index is 0.293. The Labute approximate surface area is 158 Å². The standard InChI is InChI=1S/C22H21N3O2/c1-14-12-15(2)24-22(23-14)25-13-17-10-6-7-11-18(17)19(20(25)21(26)27)16-8-4-3-5-9-16/h3-12,19-20H,13H2,1-2H3,(H,26,27). The second kappa shape index (κ2) is 6.83. The lowest BCUT2D eigenvalue weighted by Gasteiger charge is -2.40. The molecule has 0 spiro atoms. The van der Waals surface area contributed by atoms with E-state index in [9.17, 15) is 9.90 Å². The summed E-state index contributed by atoms with van der Waals surface area (Å²) in [5.74, 6) is -0.700. The number of carboxylic acids is 1. The Hall–Kier alpha value is -3.21. The number of aromatic nitrogens is 2. The van der Waals surface area contributed by atoms with E-state index in [0.29, 0.717) is 12.5 Å². The van der Waals surface area contributed by atoms with E-state index in [1.165, 1.54) is 0 Å². The monoisotopic (exact) mass is 359 g/mol. The van der Waals surface area contributed by atoms with Crippen LogP contribution in [0.5, 0.6) is 0 Å². The largest absolute Gasteiger partial charge is 0.480 e. The van der Waals surface area contributed by atoms with E-state index in [1.807, 2.05) is 73.3 Å². The molecule has 5 heteroatoms. The van der Waals surface area contributed by atoms with E-state index < -0.39 is 12.0 Å². The van der Waals surface area contributed by atoms with Gasteiger partial charge in [-0.15, -0.1) is 0 Å². The number of anilines is 1. The Kier molecular flexibility index (Phi) is 4.36. The number of carboxylic acid groups (broad SMARTS) is 1. The maximum atomic E-state index is 12.4. The fraction of sp³-hybridized carbons (Fsp3) is 0.227. The van der Waals surface area contributed by atoms with Gasteiger partial charge in [-0.05, 0) is 36.6 Å². The van der Waals surface area contributed by atoms with Gasteiger partial charge in [0.05, 0.1) is 0 Å². The zero-order valence-corrected chi connectivity index (χ0v) is 15.3. The zero-order valence-electron chi connectivity index (χ0n) is 15.3. The average molecular weight is 359 g/mol. The Bertz CT molecular complexity index is 968. The van der Waals surface area contributed by atoms with Crippen LogP contribution in [-0.2, 0) is 11.3 Å². The van der Waals surface area contributed by atoms with E-state index >= 15 is 0 Å². The van der Waals surface area contributed by atoms with Gasteiger partial charge >= 0.3 is 5.97 Å². The third-order valence-electron chi connectivity index (χ3n) is 5.02. The van der Waals surface area contributed by atoms with Gasteiger partial charge in [0.2, 0.25) is 5.95 Å². The Morgan fingerprint density at radius 1 is 1.00 bits per heavy atom. The molecule has 4 rings (SSSR count). The Morgan fingerprint density at radius 3 is 2.30 bits per heavy atom. The molecule has 1 N–H and O–H groups in total. The van der Waals surface area contributed by atoms with Crippen molar-refractivity contribution >= 4 is 11.9 Å². The number of fused-ring (bicyclic) bond motifs is 1. The van der Waals surface area contributed by atoms with E-state index in [0.717, 1.165) is 28.1 Å². The van der Waals surface area contributed by atoms with Crippen molar-refractivity contribution in [2.24, 2.45) is 0 Å². The van der Waals surface area contributed by atoms with E-state index in [4.69, 9.17) is 0 Å². The molecular weight excluding hydrogens is 338 g/mol. The van der Waals surface area contributed by atoms with Gasteiger partial charge in [0.25, 0.3) is 0 Å². The van der Waals surface area contributed by atoms with Gasteiger partial charge in [-0.25, -0.2) is 14.8 Å². The third-order valence-corrected chi connectivity index (χ3v) is 5.02. The highest BCUT2D eigenvalue weighted by atomic mass is 16.4. The lowest BCUT2D eigenvalue weighted by molar-refractivity contribution is -0.139. The van der Waals surface area contributed by atoms with E-state index in [1.54, 1.807) is 0 Å². The maximum absolute atomic E-state index is 12.4. The van der Waals surface area contributed by atoms with Gasteiger partial charge in [0, 0.05) is 23.9 Å². The van der Waals surface area contributed by atoms with Gasteiger partial charge < -0.3 is 10.0 Å². The van der Waals surface area contributed by atoms with Crippen LogP contribution in [0.15, 0.2) is 60.7 Å². The van der Waals surface area contributed by atoms with Crippen LogP contribution in [0, 0.1) is 13.8 Å². The second-order valence-electron chi connectivity index (χ2n) is 6.95. The van der Waals surface area contributed by atoms with Crippen LogP contribution in [0.2, 0.25) is 0 Å². The molecule has 27 heavy (non-hydrogen) atoms. The normalized spacial score (nSPS) is 18.8. The minimum atomic E-state index is -0.874. The predicted octanol–water partition coefficient (Wildman–Crippen LogP) is 3.70. The summed E-state index contributed by atoms with van der Waals surface area (Å²) in [5.41, 5.74) is 4.79. The van der Waals surface area contributed by atoms with Crippen LogP contribution in [0.3, 0.4) is 0 Å². The molecule has 0 bridgehead atoms. The number of aliphatic carboxylic acids is 1. The minimum Gasteiger partial charge on any atom is -0.480 e. The van der Waals surface area contributed by atoms with Crippen LogP contribution in [0.25, 0.3) is 0 Å². The van der Waals surface area contributed by atoms with Crippen molar-refractivity contribution in [2.75, 3.05) is 4.90 Å². The Balaban J connectivity index is 1.92. The first kappa shape index (κ1) is 17.2. The highest BCUT2D eigenvalue weighted by Crippen LogP contribution is 2.39. The number of rotatable bonds is 3. The molecule has 3 aromatic rings. The third kappa shape index (κ3) is 3.16. The summed E-state index contributed by atoms with van der Waals surface area (Å²) in [6.07, 6.45) is 0. The number of benzene rings is 2. The fourth-order valence-corrected chi connectivity index (χ4v) is 3.94. The average Bonchev–Trinajstić information content (AvgIpc) is 2.66. The highest BCUT2D eigenvalue weighted by molar-refractivity contribution is 5.81. The molecule has 0 amide bonds.